The van der Waals surface area contributed by atoms with E-state index in [-0.39, 0.29) is 10.7 Å². The zero-order valence-electron chi connectivity index (χ0n) is 18.7. The molecule has 7 nitrogen and oxygen atoms in total. The fourth-order valence-electron chi connectivity index (χ4n) is 3.40. The van der Waals surface area contributed by atoms with E-state index in [0.717, 1.165) is 16.0 Å². The van der Waals surface area contributed by atoms with E-state index in [9.17, 15) is 14.4 Å². The third-order valence-corrected chi connectivity index (χ3v) is 5.86. The Morgan fingerprint density at radius 1 is 0.912 bits per heavy atom. The largest absolute Gasteiger partial charge is 0.497 e. The van der Waals surface area contributed by atoms with Gasteiger partial charge in [0.15, 0.2) is 0 Å². The number of anilines is 2. The number of nitrogens with zero attached hydrogens (tertiary/aromatic N) is 1. The van der Waals surface area contributed by atoms with Crippen LogP contribution in [0.3, 0.4) is 0 Å². The van der Waals surface area contributed by atoms with Crippen LogP contribution in [0.1, 0.15) is 21.5 Å². The first-order chi connectivity index (χ1) is 16.3. The second kappa shape index (κ2) is 9.41. The minimum absolute atomic E-state index is 0.0480. The minimum atomic E-state index is -0.631. The lowest BCUT2D eigenvalue weighted by atomic mass is 10.1. The molecule has 1 heterocycles. The quantitative estimate of drug-likeness (QED) is 0.307. The highest BCUT2D eigenvalue weighted by Gasteiger charge is 2.39. The van der Waals surface area contributed by atoms with Gasteiger partial charge in [0.1, 0.15) is 22.2 Å². The molecule has 0 unspecified atom stereocenters. The van der Waals surface area contributed by atoms with Crippen molar-refractivity contribution in [2.24, 2.45) is 0 Å². The number of esters is 1. The fourth-order valence-corrected chi connectivity index (χ4v) is 3.62. The number of imide groups is 1. The maximum Gasteiger partial charge on any atom is 0.343 e. The Labute approximate surface area is 201 Å². The van der Waals surface area contributed by atoms with Crippen LogP contribution in [0.15, 0.2) is 77.5 Å². The molecule has 0 bridgehead atoms. The summed E-state index contributed by atoms with van der Waals surface area (Å²) in [5.74, 6) is -0.629. The molecule has 0 spiro atoms. The summed E-state index contributed by atoms with van der Waals surface area (Å²) in [6.45, 7) is 3.83. The first-order valence-electron chi connectivity index (χ1n) is 10.4. The normalized spacial score (nSPS) is 13.4. The van der Waals surface area contributed by atoms with Crippen LogP contribution in [-0.2, 0) is 9.59 Å². The third-order valence-electron chi connectivity index (χ3n) is 5.51. The van der Waals surface area contributed by atoms with Crippen molar-refractivity contribution in [3.05, 3.63) is 94.1 Å². The Hall–Kier alpha value is -4.10. The van der Waals surface area contributed by atoms with Crippen molar-refractivity contribution < 1.29 is 23.9 Å². The van der Waals surface area contributed by atoms with E-state index in [1.165, 1.54) is 7.11 Å². The number of benzene rings is 3. The van der Waals surface area contributed by atoms with Gasteiger partial charge in [0.25, 0.3) is 11.8 Å². The lowest BCUT2D eigenvalue weighted by molar-refractivity contribution is -0.120. The zero-order chi connectivity index (χ0) is 24.4. The molecule has 0 saturated heterocycles. The standard InChI is InChI=1S/C26H21ClN2O5/c1-15-5-4-6-21(16(15)2)34-26(32)17-7-9-18(10-8-17)28-23-22(27)24(30)29(25(23)31)19-11-13-20(33-3)14-12-19/h4-14,28H,1-3H3. The van der Waals surface area contributed by atoms with E-state index < -0.39 is 17.8 Å². The van der Waals surface area contributed by atoms with Gasteiger partial charge in [0.2, 0.25) is 0 Å². The molecule has 0 fully saturated rings. The second-order valence-corrected chi connectivity index (χ2v) is 8.00. The maximum atomic E-state index is 12.9. The van der Waals surface area contributed by atoms with Crippen molar-refractivity contribution >= 4 is 40.8 Å². The number of nitrogens with one attached hydrogen (secondary N) is 1. The molecule has 0 atom stereocenters. The smallest absolute Gasteiger partial charge is 0.343 e. The van der Waals surface area contributed by atoms with Gasteiger partial charge in [-0.25, -0.2) is 9.69 Å². The first kappa shape index (κ1) is 23.1. The summed E-state index contributed by atoms with van der Waals surface area (Å²) in [5, 5.41) is 2.66. The van der Waals surface area contributed by atoms with Crippen LogP contribution in [0, 0.1) is 13.8 Å². The van der Waals surface area contributed by atoms with Gasteiger partial charge in [-0.05, 0) is 79.6 Å². The Bertz CT molecular complexity index is 1310. The molecule has 0 aliphatic carbocycles. The van der Waals surface area contributed by atoms with Crippen molar-refractivity contribution in [2.75, 3.05) is 17.3 Å². The zero-order valence-corrected chi connectivity index (χ0v) is 19.5. The first-order valence-corrected chi connectivity index (χ1v) is 10.8. The van der Waals surface area contributed by atoms with E-state index >= 15 is 0 Å². The molecule has 0 saturated carbocycles. The van der Waals surface area contributed by atoms with Gasteiger partial charge in [-0.2, -0.15) is 0 Å². The molecule has 3 aromatic carbocycles. The highest BCUT2D eigenvalue weighted by atomic mass is 35.5. The van der Waals surface area contributed by atoms with Gasteiger partial charge < -0.3 is 14.8 Å². The van der Waals surface area contributed by atoms with Gasteiger partial charge in [-0.15, -0.1) is 0 Å². The number of ether oxygens (including phenoxy) is 2. The maximum absolute atomic E-state index is 12.9. The number of amides is 2. The molecule has 4 rings (SSSR count). The van der Waals surface area contributed by atoms with E-state index in [4.69, 9.17) is 21.1 Å². The van der Waals surface area contributed by atoms with Crippen LogP contribution in [0.5, 0.6) is 11.5 Å². The van der Waals surface area contributed by atoms with E-state index in [0.29, 0.717) is 28.4 Å². The Balaban J connectivity index is 1.48. The van der Waals surface area contributed by atoms with Gasteiger partial charge in [-0.3, -0.25) is 9.59 Å². The molecule has 1 aliphatic rings. The number of methoxy groups -OCH3 is 1. The molecule has 172 valence electrons. The lowest BCUT2D eigenvalue weighted by Gasteiger charge is -2.15. The third kappa shape index (κ3) is 4.38. The van der Waals surface area contributed by atoms with Crippen LogP contribution >= 0.6 is 11.6 Å². The average molecular weight is 477 g/mol. The summed E-state index contributed by atoms with van der Waals surface area (Å²) in [5.41, 5.74) is 3.05. The van der Waals surface area contributed by atoms with Crippen molar-refractivity contribution in [3.8, 4) is 11.5 Å². The monoisotopic (exact) mass is 476 g/mol. The van der Waals surface area contributed by atoms with E-state index in [2.05, 4.69) is 5.32 Å². The summed E-state index contributed by atoms with van der Waals surface area (Å²) in [6.07, 6.45) is 0. The predicted octanol–water partition coefficient (Wildman–Crippen LogP) is 4.97. The molecule has 1 aliphatic heterocycles. The number of hydrogen-bond donors (Lipinski definition) is 1. The predicted molar refractivity (Wildman–Crippen MR) is 129 cm³/mol. The number of halogens is 1. The number of rotatable bonds is 6. The Morgan fingerprint density at radius 3 is 2.24 bits per heavy atom. The van der Waals surface area contributed by atoms with E-state index in [1.807, 2.05) is 26.0 Å². The molecule has 1 N–H and O–H groups in total. The van der Waals surface area contributed by atoms with Crippen molar-refractivity contribution in [1.29, 1.82) is 0 Å². The summed E-state index contributed by atoms with van der Waals surface area (Å²) >= 11 is 6.18. The number of carbonyl (C=O) groups excluding carboxylic acids is 3. The molecule has 0 aromatic heterocycles. The van der Waals surface area contributed by atoms with Crippen LogP contribution < -0.4 is 19.7 Å². The fraction of sp³-hybridized carbons (Fsp3) is 0.115. The topological polar surface area (TPSA) is 84.9 Å². The van der Waals surface area contributed by atoms with Gasteiger partial charge in [0.05, 0.1) is 18.4 Å². The van der Waals surface area contributed by atoms with Crippen LogP contribution in [0.2, 0.25) is 0 Å². The van der Waals surface area contributed by atoms with Crippen LogP contribution in [0.25, 0.3) is 0 Å². The molecule has 0 radical (unpaired) electrons. The lowest BCUT2D eigenvalue weighted by Crippen LogP contribution is -2.32. The van der Waals surface area contributed by atoms with Gasteiger partial charge >= 0.3 is 5.97 Å². The van der Waals surface area contributed by atoms with Crippen molar-refractivity contribution in [1.82, 2.24) is 0 Å². The van der Waals surface area contributed by atoms with Crippen molar-refractivity contribution in [2.45, 2.75) is 13.8 Å². The van der Waals surface area contributed by atoms with Crippen LogP contribution in [-0.4, -0.2) is 24.9 Å². The van der Waals surface area contributed by atoms with Gasteiger partial charge in [-0.1, -0.05) is 23.7 Å². The minimum Gasteiger partial charge on any atom is -0.497 e. The van der Waals surface area contributed by atoms with Crippen molar-refractivity contribution in [3.63, 3.8) is 0 Å². The molecule has 34 heavy (non-hydrogen) atoms. The molecular weight excluding hydrogens is 456 g/mol. The molecule has 8 heteroatoms. The molecule has 3 aromatic rings. The number of aryl methyl sites for hydroxylation is 1. The Morgan fingerprint density at radius 2 is 1.59 bits per heavy atom. The highest BCUT2D eigenvalue weighted by molar-refractivity contribution is 6.53. The summed E-state index contributed by atoms with van der Waals surface area (Å²) in [4.78, 5) is 39.1. The average Bonchev–Trinajstić information content (AvgIpc) is 3.05. The summed E-state index contributed by atoms with van der Waals surface area (Å²) < 4.78 is 10.6. The molecular formula is C26H21ClN2O5. The summed E-state index contributed by atoms with van der Waals surface area (Å²) in [6, 6.07) is 18.3. The van der Waals surface area contributed by atoms with E-state index in [1.54, 1.807) is 54.6 Å². The second-order valence-electron chi connectivity index (χ2n) is 7.62. The number of hydrogen-bond acceptors (Lipinski definition) is 6. The van der Waals surface area contributed by atoms with Crippen LogP contribution in [0.4, 0.5) is 11.4 Å². The highest BCUT2D eigenvalue weighted by Crippen LogP contribution is 2.31. The van der Waals surface area contributed by atoms with Gasteiger partial charge in [0, 0.05) is 5.69 Å². The summed E-state index contributed by atoms with van der Waals surface area (Å²) in [7, 11) is 1.52. The SMILES string of the molecule is COc1ccc(N2C(=O)C(Cl)=C(Nc3ccc(C(=O)Oc4cccc(C)c4C)cc3)C2=O)cc1. The Kier molecular flexibility index (Phi) is 6.38. The number of carbonyl (C=O) groups is 3. The molecule has 2 amide bonds.